The number of likely N-dealkylation sites (N-methyl/N-ethyl adjacent to an activating group) is 1. The van der Waals surface area contributed by atoms with Gasteiger partial charge in [-0.25, -0.2) is 0 Å². The van der Waals surface area contributed by atoms with E-state index in [0.29, 0.717) is 31.1 Å². The van der Waals surface area contributed by atoms with Crippen LogP contribution in [-0.4, -0.2) is 29.5 Å². The second kappa shape index (κ2) is 13.3. The Labute approximate surface area is 218 Å². The molecule has 1 N–H and O–H groups in total. The quantitative estimate of drug-likeness (QED) is 0.263. The van der Waals surface area contributed by atoms with E-state index < -0.39 is 6.10 Å². The maximum Gasteiger partial charge on any atom is 0.255 e. The van der Waals surface area contributed by atoms with Crippen molar-refractivity contribution in [1.82, 2.24) is 4.90 Å². The Morgan fingerprint density at radius 2 is 1.19 bits per heavy atom. The first kappa shape index (κ1) is 26.0. The van der Waals surface area contributed by atoms with Crippen LogP contribution >= 0.6 is 0 Å². The highest BCUT2D eigenvalue weighted by Gasteiger charge is 2.21. The van der Waals surface area contributed by atoms with Gasteiger partial charge in [0.2, 0.25) is 0 Å². The number of carbonyl (C=O) groups is 1. The van der Waals surface area contributed by atoms with Crippen LogP contribution in [0.25, 0.3) is 0 Å². The topological polar surface area (TPSA) is 59.0 Å². The summed E-state index contributed by atoms with van der Waals surface area (Å²) in [6.45, 7) is 1.56. The highest BCUT2D eigenvalue weighted by atomic mass is 16.5. The Kier molecular flexibility index (Phi) is 9.33. The van der Waals surface area contributed by atoms with Gasteiger partial charge in [0.25, 0.3) is 5.91 Å². The van der Waals surface area contributed by atoms with Crippen LogP contribution in [-0.2, 0) is 24.4 Å². The second-order valence-electron chi connectivity index (χ2n) is 9.03. The molecule has 0 saturated heterocycles. The molecule has 190 valence electrons. The van der Waals surface area contributed by atoms with E-state index >= 15 is 0 Å². The molecule has 0 saturated carbocycles. The molecule has 4 aromatic rings. The summed E-state index contributed by atoms with van der Waals surface area (Å²) in [6, 6.07) is 35.1. The van der Waals surface area contributed by atoms with Crippen LogP contribution in [0.2, 0.25) is 0 Å². The minimum absolute atomic E-state index is 0.317. The van der Waals surface area contributed by atoms with Gasteiger partial charge in [-0.2, -0.15) is 0 Å². The van der Waals surface area contributed by atoms with Crippen LogP contribution in [0.5, 0.6) is 11.5 Å². The Bertz CT molecular complexity index is 1230. The molecule has 5 heteroatoms. The smallest absolute Gasteiger partial charge is 0.255 e. The maximum atomic E-state index is 12.7. The average molecular weight is 496 g/mol. The molecule has 0 aromatic heterocycles. The summed E-state index contributed by atoms with van der Waals surface area (Å²) in [7, 11) is 1.73. The van der Waals surface area contributed by atoms with Crippen molar-refractivity contribution in [3.63, 3.8) is 0 Å². The van der Waals surface area contributed by atoms with Crippen molar-refractivity contribution in [2.75, 3.05) is 13.6 Å². The van der Waals surface area contributed by atoms with E-state index in [2.05, 4.69) is 12.1 Å². The highest BCUT2D eigenvalue weighted by Crippen LogP contribution is 2.21. The number of rotatable bonds is 12. The second-order valence-corrected chi connectivity index (χ2v) is 9.03. The normalized spacial score (nSPS) is 11.5. The van der Waals surface area contributed by atoms with Gasteiger partial charge in [0.05, 0.1) is 0 Å². The number of carbonyl (C=O) groups excluding carboxylic acids is 1. The zero-order valence-corrected chi connectivity index (χ0v) is 21.1. The summed E-state index contributed by atoms with van der Waals surface area (Å²) in [6.07, 6.45) is 0.431. The third-order valence-electron chi connectivity index (χ3n) is 6.18. The number of aryl methyl sites for hydroxylation is 1. The van der Waals surface area contributed by atoms with E-state index in [1.54, 1.807) is 36.2 Å². The Morgan fingerprint density at radius 3 is 1.70 bits per heavy atom. The monoisotopic (exact) mass is 495 g/mol. The molecular formula is C32H33NO4. The van der Waals surface area contributed by atoms with Crippen LogP contribution in [0.1, 0.15) is 34.8 Å². The van der Waals surface area contributed by atoms with E-state index in [1.165, 1.54) is 5.56 Å². The van der Waals surface area contributed by atoms with Gasteiger partial charge < -0.3 is 19.5 Å². The van der Waals surface area contributed by atoms with Gasteiger partial charge in [0.1, 0.15) is 24.7 Å². The highest BCUT2D eigenvalue weighted by molar-refractivity contribution is 5.81. The minimum Gasteiger partial charge on any atom is -0.489 e. The van der Waals surface area contributed by atoms with E-state index in [-0.39, 0.29) is 5.91 Å². The summed E-state index contributed by atoms with van der Waals surface area (Å²) in [4.78, 5) is 14.3. The number of hydrogen-bond acceptors (Lipinski definition) is 4. The molecule has 1 unspecified atom stereocenters. The summed E-state index contributed by atoms with van der Waals surface area (Å²) < 4.78 is 11.6. The van der Waals surface area contributed by atoms with Crippen molar-refractivity contribution in [2.45, 2.75) is 32.2 Å². The first-order valence-corrected chi connectivity index (χ1v) is 12.5. The van der Waals surface area contributed by atoms with E-state index in [1.807, 2.05) is 72.8 Å². The summed E-state index contributed by atoms with van der Waals surface area (Å²) in [5, 5.41) is 10.6. The minimum atomic E-state index is -1.20. The summed E-state index contributed by atoms with van der Waals surface area (Å²) >= 11 is 0. The SMILES string of the molecule is CN(CCCc1ccc(OCc2ccccc2)cc1)C(=O)C(O)c1ccc(OCc2ccccc2)cc1. The zero-order valence-electron chi connectivity index (χ0n) is 21.1. The van der Waals surface area contributed by atoms with E-state index in [0.717, 1.165) is 29.7 Å². The average Bonchev–Trinajstić information content (AvgIpc) is 2.96. The maximum absolute atomic E-state index is 12.7. The number of hydrogen-bond donors (Lipinski definition) is 1. The van der Waals surface area contributed by atoms with Gasteiger partial charge in [-0.05, 0) is 59.4 Å². The molecule has 1 amide bonds. The molecular weight excluding hydrogens is 462 g/mol. The third kappa shape index (κ3) is 7.95. The van der Waals surface area contributed by atoms with Crippen LogP contribution in [0.4, 0.5) is 0 Å². The van der Waals surface area contributed by atoms with Crippen molar-refractivity contribution in [1.29, 1.82) is 0 Å². The first-order valence-electron chi connectivity index (χ1n) is 12.5. The molecule has 37 heavy (non-hydrogen) atoms. The molecule has 1 atom stereocenters. The van der Waals surface area contributed by atoms with Crippen LogP contribution < -0.4 is 9.47 Å². The Morgan fingerprint density at radius 1 is 0.703 bits per heavy atom. The fraction of sp³-hybridized carbons (Fsp3) is 0.219. The number of amides is 1. The van der Waals surface area contributed by atoms with Crippen molar-refractivity contribution < 1.29 is 19.4 Å². The lowest BCUT2D eigenvalue weighted by atomic mass is 10.1. The van der Waals surface area contributed by atoms with Gasteiger partial charge in [0.15, 0.2) is 6.10 Å². The fourth-order valence-electron chi connectivity index (χ4n) is 3.96. The van der Waals surface area contributed by atoms with Crippen LogP contribution in [0, 0.1) is 0 Å². The molecule has 0 heterocycles. The fourth-order valence-corrected chi connectivity index (χ4v) is 3.96. The van der Waals surface area contributed by atoms with Crippen molar-refractivity contribution >= 4 is 5.91 Å². The lowest BCUT2D eigenvalue weighted by Gasteiger charge is -2.21. The summed E-state index contributed by atoms with van der Waals surface area (Å²) in [5.41, 5.74) is 3.94. The lowest BCUT2D eigenvalue weighted by molar-refractivity contribution is -0.139. The van der Waals surface area contributed by atoms with Crippen molar-refractivity contribution in [2.24, 2.45) is 0 Å². The van der Waals surface area contributed by atoms with Crippen molar-refractivity contribution in [3.8, 4) is 11.5 Å². The molecule has 0 bridgehead atoms. The number of aliphatic hydroxyl groups excluding tert-OH is 1. The molecule has 0 aliphatic carbocycles. The van der Waals surface area contributed by atoms with Gasteiger partial charge in [-0.1, -0.05) is 84.9 Å². The predicted octanol–water partition coefficient (Wildman–Crippen LogP) is 5.97. The van der Waals surface area contributed by atoms with Crippen LogP contribution in [0.15, 0.2) is 109 Å². The molecule has 0 aliphatic heterocycles. The summed E-state index contributed by atoms with van der Waals surface area (Å²) in [5.74, 6) is 1.21. The predicted molar refractivity (Wildman–Crippen MR) is 145 cm³/mol. The van der Waals surface area contributed by atoms with Crippen LogP contribution in [0.3, 0.4) is 0 Å². The Balaban J connectivity index is 1.19. The number of aliphatic hydroxyl groups is 1. The molecule has 4 aromatic carbocycles. The molecule has 0 spiro atoms. The molecule has 4 rings (SSSR count). The Hall–Kier alpha value is -4.09. The molecule has 0 aliphatic rings. The standard InChI is InChI=1S/C32H33NO4/c1-33(22-8-13-25-14-18-29(19-15-25)36-23-26-9-4-2-5-10-26)32(35)31(34)28-16-20-30(21-17-28)37-24-27-11-6-3-7-12-27/h2-7,9-12,14-21,31,34H,8,13,22-24H2,1H3. The third-order valence-corrected chi connectivity index (χ3v) is 6.18. The van der Waals surface area contributed by atoms with Gasteiger partial charge in [-0.3, -0.25) is 4.79 Å². The number of nitrogens with zero attached hydrogens (tertiary/aromatic N) is 1. The van der Waals surface area contributed by atoms with Crippen molar-refractivity contribution in [3.05, 3.63) is 131 Å². The largest absolute Gasteiger partial charge is 0.489 e. The van der Waals surface area contributed by atoms with Gasteiger partial charge >= 0.3 is 0 Å². The molecule has 5 nitrogen and oxygen atoms in total. The van der Waals surface area contributed by atoms with E-state index in [4.69, 9.17) is 9.47 Å². The lowest BCUT2D eigenvalue weighted by Crippen LogP contribution is -2.32. The number of benzene rings is 4. The first-order chi connectivity index (χ1) is 18.1. The van der Waals surface area contributed by atoms with Gasteiger partial charge in [0, 0.05) is 13.6 Å². The van der Waals surface area contributed by atoms with Gasteiger partial charge in [-0.15, -0.1) is 0 Å². The molecule has 0 radical (unpaired) electrons. The zero-order chi connectivity index (χ0) is 25.9. The molecule has 0 fully saturated rings. The van der Waals surface area contributed by atoms with E-state index in [9.17, 15) is 9.90 Å². The number of ether oxygens (including phenoxy) is 2.